The summed E-state index contributed by atoms with van der Waals surface area (Å²) >= 11 is 3.46. The van der Waals surface area contributed by atoms with Crippen LogP contribution in [0.1, 0.15) is 30.9 Å². The summed E-state index contributed by atoms with van der Waals surface area (Å²) in [6, 6.07) is 20.1. The molecule has 0 fully saturated rings. The van der Waals surface area contributed by atoms with Crippen molar-refractivity contribution in [2.45, 2.75) is 31.4 Å². The summed E-state index contributed by atoms with van der Waals surface area (Å²) in [5.41, 5.74) is 2.14. The predicted molar refractivity (Wildman–Crippen MR) is 108 cm³/mol. The molecule has 1 atom stereocenters. The second kappa shape index (κ2) is 9.16. The smallest absolute Gasteiger partial charge is 0.325 e. The van der Waals surface area contributed by atoms with E-state index in [-0.39, 0.29) is 11.2 Å². The number of carbonyl (C=O) groups is 1. The lowest BCUT2D eigenvalue weighted by atomic mass is 10.1. The van der Waals surface area contributed by atoms with Gasteiger partial charge in [-0.2, -0.15) is 0 Å². The van der Waals surface area contributed by atoms with Crippen LogP contribution in [-0.4, -0.2) is 17.0 Å². The maximum absolute atomic E-state index is 12.6. The highest BCUT2D eigenvalue weighted by Gasteiger charge is 2.32. The van der Waals surface area contributed by atoms with Crippen molar-refractivity contribution in [3.05, 3.63) is 76.0 Å². The minimum atomic E-state index is -0.181. The molecule has 2 nitrogen and oxygen atoms in total. The molecule has 0 saturated carbocycles. The topological polar surface area (TPSA) is 26.3 Å². The molecular formula is C21H22O2S2. The van der Waals surface area contributed by atoms with Gasteiger partial charge in [0.15, 0.2) is 5.76 Å². The van der Waals surface area contributed by atoms with Gasteiger partial charge in [0.05, 0.1) is 4.24 Å². The van der Waals surface area contributed by atoms with Crippen LogP contribution in [0.2, 0.25) is 0 Å². The zero-order valence-corrected chi connectivity index (χ0v) is 15.9. The zero-order valence-electron chi connectivity index (χ0n) is 14.3. The molecule has 4 heteroatoms. The Labute approximate surface area is 158 Å². The largest absolute Gasteiger partial charge is 0.423 e. The molecular weight excluding hydrogens is 348 g/mol. The van der Waals surface area contributed by atoms with Crippen LogP contribution in [0, 0.1) is 0 Å². The van der Waals surface area contributed by atoms with E-state index in [0.717, 1.165) is 33.3 Å². The number of carbonyl (C=O) groups excluding carboxylic acids is 1. The Kier molecular flexibility index (Phi) is 6.65. The quantitative estimate of drug-likeness (QED) is 0.458. The number of hydrogen-bond acceptors (Lipinski definition) is 4. The van der Waals surface area contributed by atoms with Crippen molar-refractivity contribution in [3.63, 3.8) is 0 Å². The molecule has 1 heterocycles. The number of hydrogen-bond donors (Lipinski definition) is 0. The number of unbranched alkanes of at least 4 members (excludes halogenated alkanes) is 1. The van der Waals surface area contributed by atoms with Crippen molar-refractivity contribution in [1.82, 2.24) is 0 Å². The Morgan fingerprint density at radius 3 is 2.40 bits per heavy atom. The number of rotatable bonds is 7. The molecule has 0 radical (unpaired) electrons. The van der Waals surface area contributed by atoms with E-state index in [0.29, 0.717) is 6.42 Å². The molecule has 3 rings (SSSR count). The fourth-order valence-corrected chi connectivity index (χ4v) is 5.29. The van der Waals surface area contributed by atoms with E-state index in [9.17, 15) is 4.79 Å². The normalized spacial score (nSPS) is 17.5. The van der Waals surface area contributed by atoms with Crippen molar-refractivity contribution in [2.75, 3.05) is 5.75 Å². The Bertz CT molecular complexity index is 726. The third-order valence-corrected chi connectivity index (χ3v) is 6.56. The van der Waals surface area contributed by atoms with Gasteiger partial charge in [-0.05, 0) is 24.2 Å². The molecule has 2 aromatic carbocycles. The summed E-state index contributed by atoms with van der Waals surface area (Å²) in [6.45, 7) is 2.19. The molecule has 2 aromatic rings. The highest BCUT2D eigenvalue weighted by Crippen LogP contribution is 2.44. The van der Waals surface area contributed by atoms with Crippen LogP contribution in [0.3, 0.4) is 0 Å². The van der Waals surface area contributed by atoms with Crippen LogP contribution in [0.4, 0.5) is 0 Å². The monoisotopic (exact) mass is 370 g/mol. The van der Waals surface area contributed by atoms with Crippen LogP contribution in [0.5, 0.6) is 0 Å². The molecule has 1 aliphatic heterocycles. The van der Waals surface area contributed by atoms with Gasteiger partial charge >= 0.3 is 5.97 Å². The van der Waals surface area contributed by atoms with E-state index in [1.165, 1.54) is 6.42 Å². The van der Waals surface area contributed by atoms with Crippen LogP contribution >= 0.6 is 23.5 Å². The van der Waals surface area contributed by atoms with Crippen LogP contribution in [0.25, 0.3) is 5.76 Å². The van der Waals surface area contributed by atoms with Gasteiger partial charge in [-0.1, -0.05) is 85.8 Å². The molecule has 0 amide bonds. The van der Waals surface area contributed by atoms with Gasteiger partial charge in [-0.25, -0.2) is 0 Å². The molecule has 0 aliphatic carbocycles. The molecule has 1 unspecified atom stereocenters. The van der Waals surface area contributed by atoms with Gasteiger partial charge in [0, 0.05) is 5.56 Å². The van der Waals surface area contributed by atoms with Gasteiger partial charge in [0.1, 0.15) is 5.25 Å². The van der Waals surface area contributed by atoms with E-state index in [1.807, 2.05) is 48.5 Å². The first-order chi connectivity index (χ1) is 12.3. The van der Waals surface area contributed by atoms with Crippen LogP contribution in [0.15, 0.2) is 64.9 Å². The van der Waals surface area contributed by atoms with E-state index >= 15 is 0 Å². The van der Waals surface area contributed by atoms with Crippen molar-refractivity contribution in [3.8, 4) is 0 Å². The number of thioether (sulfide) groups is 2. The molecule has 0 aromatic heterocycles. The molecule has 130 valence electrons. The first-order valence-corrected chi connectivity index (χ1v) is 10.5. The lowest BCUT2D eigenvalue weighted by Gasteiger charge is -2.25. The molecule has 1 aliphatic rings. The Morgan fingerprint density at radius 1 is 1.04 bits per heavy atom. The second-order valence-electron chi connectivity index (χ2n) is 5.90. The number of benzene rings is 2. The van der Waals surface area contributed by atoms with E-state index in [1.54, 1.807) is 23.5 Å². The molecule has 25 heavy (non-hydrogen) atoms. The minimum Gasteiger partial charge on any atom is -0.423 e. The zero-order chi connectivity index (χ0) is 17.5. The predicted octanol–water partition coefficient (Wildman–Crippen LogP) is 5.75. The van der Waals surface area contributed by atoms with Crippen molar-refractivity contribution < 1.29 is 9.53 Å². The minimum absolute atomic E-state index is 0.146. The Balaban J connectivity index is 1.83. The van der Waals surface area contributed by atoms with E-state index in [4.69, 9.17) is 4.74 Å². The SMILES string of the molecule is CCCCSC1=C(c2ccccc2)OC(=O)C(Cc2ccccc2)S1. The van der Waals surface area contributed by atoms with Gasteiger partial charge in [0.25, 0.3) is 0 Å². The first kappa shape index (κ1) is 18.2. The van der Waals surface area contributed by atoms with Crippen molar-refractivity contribution in [2.24, 2.45) is 0 Å². The van der Waals surface area contributed by atoms with Gasteiger partial charge in [0.2, 0.25) is 0 Å². The standard InChI is InChI=1S/C21H22O2S2/c1-2-3-14-24-21-19(17-12-8-5-9-13-17)23-20(22)18(25-21)15-16-10-6-4-7-11-16/h4-13,18H,2-3,14-15H2,1H3. The summed E-state index contributed by atoms with van der Waals surface area (Å²) in [5.74, 6) is 1.62. The number of cyclic esters (lactones) is 1. The molecule has 0 saturated heterocycles. The van der Waals surface area contributed by atoms with E-state index < -0.39 is 0 Å². The lowest BCUT2D eigenvalue weighted by Crippen LogP contribution is -2.26. The second-order valence-corrected chi connectivity index (χ2v) is 8.48. The highest BCUT2D eigenvalue weighted by atomic mass is 32.2. The summed E-state index contributed by atoms with van der Waals surface area (Å²) in [5, 5.41) is -0.181. The fourth-order valence-electron chi connectivity index (χ4n) is 2.57. The molecule has 0 bridgehead atoms. The molecule has 0 N–H and O–H groups in total. The van der Waals surface area contributed by atoms with E-state index in [2.05, 4.69) is 19.1 Å². The van der Waals surface area contributed by atoms with Crippen LogP contribution in [-0.2, 0) is 16.0 Å². The Hall–Kier alpha value is -1.65. The fraction of sp³-hybridized carbons (Fsp3) is 0.286. The highest BCUT2D eigenvalue weighted by molar-refractivity contribution is 8.23. The maximum Gasteiger partial charge on any atom is 0.325 e. The van der Waals surface area contributed by atoms with Gasteiger partial charge in [-0.15, -0.1) is 11.8 Å². The van der Waals surface area contributed by atoms with Gasteiger partial charge in [-0.3, -0.25) is 4.79 Å². The summed E-state index contributed by atoms with van der Waals surface area (Å²) in [7, 11) is 0. The Morgan fingerprint density at radius 2 is 1.72 bits per heavy atom. The first-order valence-electron chi connectivity index (χ1n) is 8.62. The third kappa shape index (κ3) is 4.93. The van der Waals surface area contributed by atoms with Gasteiger partial charge < -0.3 is 4.74 Å². The maximum atomic E-state index is 12.6. The van der Waals surface area contributed by atoms with Crippen LogP contribution < -0.4 is 0 Å². The lowest BCUT2D eigenvalue weighted by molar-refractivity contribution is -0.136. The van der Waals surface area contributed by atoms with Crippen molar-refractivity contribution >= 4 is 35.3 Å². The number of esters is 1. The summed E-state index contributed by atoms with van der Waals surface area (Å²) < 4.78 is 6.92. The summed E-state index contributed by atoms with van der Waals surface area (Å²) in [6.07, 6.45) is 3.02. The summed E-state index contributed by atoms with van der Waals surface area (Å²) in [4.78, 5) is 12.6. The van der Waals surface area contributed by atoms with Crippen molar-refractivity contribution in [1.29, 1.82) is 0 Å². The average molecular weight is 371 g/mol. The molecule has 0 spiro atoms. The third-order valence-electron chi connectivity index (χ3n) is 3.93. The number of ether oxygens (including phenoxy) is 1. The average Bonchev–Trinajstić information content (AvgIpc) is 2.66.